The van der Waals surface area contributed by atoms with Crippen LogP contribution >= 0.6 is 0 Å². The molecule has 2 fully saturated rings. The number of rotatable bonds is 3. The monoisotopic (exact) mass is 180 g/mol. The zero-order valence-electron chi connectivity index (χ0n) is 8.59. The maximum Gasteiger partial charge on any atom is 0.126 e. The minimum absolute atomic E-state index is 0.116. The van der Waals surface area contributed by atoms with Crippen molar-refractivity contribution in [2.75, 3.05) is 0 Å². The molecule has 1 nitrogen and oxygen atoms in total. The Balaban J connectivity index is 1.87. The summed E-state index contributed by atoms with van der Waals surface area (Å²) in [5.41, 5.74) is 0.116. The molecule has 0 spiro atoms. The summed E-state index contributed by atoms with van der Waals surface area (Å²) >= 11 is 0. The zero-order chi connectivity index (χ0) is 9.31. The van der Waals surface area contributed by atoms with E-state index in [0.29, 0.717) is 0 Å². The SMILES string of the molecule is CC1CC(CC2(C=O)CCCC2)C1. The van der Waals surface area contributed by atoms with Crippen molar-refractivity contribution in [2.45, 2.75) is 51.9 Å². The van der Waals surface area contributed by atoms with Crippen LogP contribution in [0.25, 0.3) is 0 Å². The van der Waals surface area contributed by atoms with Crippen LogP contribution in [-0.2, 0) is 4.79 Å². The maximum atomic E-state index is 11.1. The first-order valence-electron chi connectivity index (χ1n) is 5.70. The van der Waals surface area contributed by atoms with Crippen molar-refractivity contribution in [1.29, 1.82) is 0 Å². The van der Waals surface area contributed by atoms with Crippen molar-refractivity contribution in [3.8, 4) is 0 Å². The van der Waals surface area contributed by atoms with Crippen molar-refractivity contribution < 1.29 is 4.79 Å². The second-order valence-electron chi connectivity index (χ2n) is 5.33. The zero-order valence-corrected chi connectivity index (χ0v) is 8.59. The summed E-state index contributed by atoms with van der Waals surface area (Å²) in [6.45, 7) is 2.32. The molecule has 0 N–H and O–H groups in total. The molecule has 0 heterocycles. The van der Waals surface area contributed by atoms with Crippen molar-refractivity contribution in [3.63, 3.8) is 0 Å². The molecule has 0 atom stereocenters. The molecule has 0 aliphatic heterocycles. The highest BCUT2D eigenvalue weighted by Crippen LogP contribution is 2.47. The van der Waals surface area contributed by atoms with Crippen molar-refractivity contribution in [3.05, 3.63) is 0 Å². The lowest BCUT2D eigenvalue weighted by Crippen LogP contribution is -2.29. The number of hydrogen-bond acceptors (Lipinski definition) is 1. The summed E-state index contributed by atoms with van der Waals surface area (Å²) in [6.07, 6.45) is 10.1. The lowest BCUT2D eigenvalue weighted by atomic mass is 9.67. The smallest absolute Gasteiger partial charge is 0.126 e. The van der Waals surface area contributed by atoms with Gasteiger partial charge in [0.2, 0.25) is 0 Å². The van der Waals surface area contributed by atoms with Gasteiger partial charge >= 0.3 is 0 Å². The minimum atomic E-state index is 0.116. The summed E-state index contributed by atoms with van der Waals surface area (Å²) in [4.78, 5) is 11.1. The normalized spacial score (nSPS) is 37.0. The third kappa shape index (κ3) is 1.79. The van der Waals surface area contributed by atoms with E-state index in [1.807, 2.05) is 0 Å². The molecule has 0 bridgehead atoms. The topological polar surface area (TPSA) is 17.1 Å². The molecule has 1 heteroatoms. The van der Waals surface area contributed by atoms with Gasteiger partial charge in [0, 0.05) is 5.41 Å². The molecule has 0 aromatic heterocycles. The summed E-state index contributed by atoms with van der Waals surface area (Å²) in [5.74, 6) is 1.80. The predicted octanol–water partition coefficient (Wildman–Crippen LogP) is 3.18. The summed E-state index contributed by atoms with van der Waals surface area (Å²) in [5, 5.41) is 0. The third-order valence-electron chi connectivity index (χ3n) is 4.02. The van der Waals surface area contributed by atoms with E-state index in [4.69, 9.17) is 0 Å². The molecule has 0 radical (unpaired) electrons. The van der Waals surface area contributed by atoms with Gasteiger partial charge in [0.15, 0.2) is 0 Å². The Bertz CT molecular complexity index is 185. The van der Waals surface area contributed by atoms with Gasteiger partial charge in [0.05, 0.1) is 0 Å². The molecule has 74 valence electrons. The molecule has 2 aliphatic rings. The molecule has 0 saturated heterocycles. The van der Waals surface area contributed by atoms with Crippen LogP contribution in [0.4, 0.5) is 0 Å². The molecule has 13 heavy (non-hydrogen) atoms. The quantitative estimate of drug-likeness (QED) is 0.610. The van der Waals surface area contributed by atoms with Gasteiger partial charge < -0.3 is 4.79 Å². The van der Waals surface area contributed by atoms with Crippen LogP contribution in [0.5, 0.6) is 0 Å². The van der Waals surface area contributed by atoms with E-state index in [2.05, 4.69) is 6.92 Å². The fourth-order valence-corrected chi connectivity index (χ4v) is 3.26. The van der Waals surface area contributed by atoms with Crippen LogP contribution in [0.15, 0.2) is 0 Å². The second kappa shape index (κ2) is 3.43. The Morgan fingerprint density at radius 1 is 1.31 bits per heavy atom. The van der Waals surface area contributed by atoms with Gasteiger partial charge in [0.1, 0.15) is 6.29 Å². The molecule has 2 saturated carbocycles. The number of aldehydes is 1. The molecule has 0 unspecified atom stereocenters. The lowest BCUT2D eigenvalue weighted by molar-refractivity contribution is -0.117. The highest BCUT2D eigenvalue weighted by atomic mass is 16.1. The molecule has 2 aliphatic carbocycles. The van der Waals surface area contributed by atoms with Crippen LogP contribution in [-0.4, -0.2) is 6.29 Å². The second-order valence-corrected chi connectivity index (χ2v) is 5.33. The Hall–Kier alpha value is -0.330. The van der Waals surface area contributed by atoms with Crippen molar-refractivity contribution >= 4 is 6.29 Å². The van der Waals surface area contributed by atoms with Gasteiger partial charge in [-0.2, -0.15) is 0 Å². The first-order chi connectivity index (χ1) is 6.24. The van der Waals surface area contributed by atoms with Crippen LogP contribution in [0.3, 0.4) is 0 Å². The van der Waals surface area contributed by atoms with E-state index in [0.717, 1.165) is 11.8 Å². The first kappa shape index (κ1) is 9.23. The first-order valence-corrected chi connectivity index (χ1v) is 5.70. The number of carbonyl (C=O) groups is 1. The van der Waals surface area contributed by atoms with Gasteiger partial charge in [-0.05, 0) is 43.9 Å². The van der Waals surface area contributed by atoms with Crippen LogP contribution in [0, 0.1) is 17.3 Å². The number of hydrogen-bond donors (Lipinski definition) is 0. The Morgan fingerprint density at radius 2 is 1.92 bits per heavy atom. The minimum Gasteiger partial charge on any atom is -0.303 e. The molecular formula is C12H20O. The van der Waals surface area contributed by atoms with E-state index in [-0.39, 0.29) is 5.41 Å². The van der Waals surface area contributed by atoms with Gasteiger partial charge in [-0.15, -0.1) is 0 Å². The van der Waals surface area contributed by atoms with E-state index >= 15 is 0 Å². The van der Waals surface area contributed by atoms with E-state index in [1.165, 1.54) is 51.2 Å². The standard InChI is InChI=1S/C12H20O/c1-10-6-11(7-10)8-12(9-13)4-2-3-5-12/h9-11H,2-8H2,1H3. The van der Waals surface area contributed by atoms with E-state index in [9.17, 15) is 4.79 Å². The average Bonchev–Trinajstić information content (AvgIpc) is 2.51. The fourth-order valence-electron chi connectivity index (χ4n) is 3.26. The summed E-state index contributed by atoms with van der Waals surface area (Å²) in [7, 11) is 0. The molecule has 0 aromatic carbocycles. The Kier molecular flexibility index (Phi) is 2.44. The highest BCUT2D eigenvalue weighted by molar-refractivity contribution is 5.59. The average molecular weight is 180 g/mol. The molecule has 2 rings (SSSR count). The maximum absolute atomic E-state index is 11.1. The molecule has 0 amide bonds. The Morgan fingerprint density at radius 3 is 2.38 bits per heavy atom. The van der Waals surface area contributed by atoms with Gasteiger partial charge in [0.25, 0.3) is 0 Å². The van der Waals surface area contributed by atoms with E-state index < -0.39 is 0 Å². The highest BCUT2D eigenvalue weighted by Gasteiger charge is 2.38. The lowest BCUT2D eigenvalue weighted by Gasteiger charge is -2.37. The van der Waals surface area contributed by atoms with Gasteiger partial charge in [-0.3, -0.25) is 0 Å². The fraction of sp³-hybridized carbons (Fsp3) is 0.917. The molecule has 0 aromatic rings. The molecular weight excluding hydrogens is 160 g/mol. The van der Waals surface area contributed by atoms with Crippen LogP contribution in [0.2, 0.25) is 0 Å². The van der Waals surface area contributed by atoms with Gasteiger partial charge in [-0.1, -0.05) is 19.8 Å². The van der Waals surface area contributed by atoms with Crippen molar-refractivity contribution in [2.24, 2.45) is 17.3 Å². The Labute approximate surface area is 80.9 Å². The van der Waals surface area contributed by atoms with Crippen LogP contribution < -0.4 is 0 Å². The third-order valence-corrected chi connectivity index (χ3v) is 4.02. The summed E-state index contributed by atoms with van der Waals surface area (Å²) < 4.78 is 0. The van der Waals surface area contributed by atoms with Gasteiger partial charge in [-0.25, -0.2) is 0 Å². The summed E-state index contributed by atoms with van der Waals surface area (Å²) in [6, 6.07) is 0. The van der Waals surface area contributed by atoms with E-state index in [1.54, 1.807) is 0 Å². The number of carbonyl (C=O) groups excluding carboxylic acids is 1. The predicted molar refractivity (Wildman–Crippen MR) is 53.5 cm³/mol. The van der Waals surface area contributed by atoms with Crippen molar-refractivity contribution in [1.82, 2.24) is 0 Å². The largest absolute Gasteiger partial charge is 0.303 e. The van der Waals surface area contributed by atoms with Crippen LogP contribution in [0.1, 0.15) is 51.9 Å².